The summed E-state index contributed by atoms with van der Waals surface area (Å²) in [4.78, 5) is 14.5. The van der Waals surface area contributed by atoms with E-state index in [4.69, 9.17) is 21.8 Å². The first-order valence-electron chi connectivity index (χ1n) is 7.88. The lowest BCUT2D eigenvalue weighted by Crippen LogP contribution is -2.42. The molecule has 2 atom stereocenters. The molecule has 1 aromatic heterocycles. The summed E-state index contributed by atoms with van der Waals surface area (Å²) >= 11 is 5.92. The van der Waals surface area contributed by atoms with Crippen LogP contribution >= 0.6 is 11.6 Å². The molecule has 0 saturated carbocycles. The molecule has 1 saturated heterocycles. The molecule has 4 nitrogen and oxygen atoms in total. The molecule has 0 bridgehead atoms. The van der Waals surface area contributed by atoms with Crippen molar-refractivity contribution < 1.29 is 9.21 Å². The Balaban J connectivity index is 1.82. The maximum atomic E-state index is 12.7. The highest BCUT2D eigenvalue weighted by Crippen LogP contribution is 2.31. The largest absolute Gasteiger partial charge is 0.451 e. The SMILES string of the molecule is C[C@@H]1C[C@@H](C)CN(C(=O)c2ccc(-c3ccc(Cl)cc3N)o2)C1. The summed E-state index contributed by atoms with van der Waals surface area (Å²) in [5.41, 5.74) is 7.26. The van der Waals surface area contributed by atoms with Crippen molar-refractivity contribution in [2.45, 2.75) is 20.3 Å². The maximum absolute atomic E-state index is 12.7. The number of hydrogen-bond donors (Lipinski definition) is 1. The van der Waals surface area contributed by atoms with E-state index in [0.717, 1.165) is 25.1 Å². The Morgan fingerprint density at radius 2 is 1.91 bits per heavy atom. The molecule has 0 unspecified atom stereocenters. The van der Waals surface area contributed by atoms with Crippen LogP contribution in [0.3, 0.4) is 0 Å². The number of furan rings is 1. The topological polar surface area (TPSA) is 59.5 Å². The second-order valence-corrected chi connectivity index (χ2v) is 6.99. The van der Waals surface area contributed by atoms with E-state index in [2.05, 4.69) is 13.8 Å². The highest BCUT2D eigenvalue weighted by Gasteiger charge is 2.27. The first-order valence-corrected chi connectivity index (χ1v) is 8.26. The fourth-order valence-corrected chi connectivity index (χ4v) is 3.52. The number of carbonyl (C=O) groups is 1. The van der Waals surface area contributed by atoms with Crippen molar-refractivity contribution in [1.82, 2.24) is 4.90 Å². The highest BCUT2D eigenvalue weighted by molar-refractivity contribution is 6.31. The van der Waals surface area contributed by atoms with E-state index in [-0.39, 0.29) is 5.91 Å². The van der Waals surface area contributed by atoms with Crippen LogP contribution in [-0.2, 0) is 0 Å². The van der Waals surface area contributed by atoms with Crippen molar-refractivity contribution in [3.8, 4) is 11.3 Å². The van der Waals surface area contributed by atoms with Crippen LogP contribution in [0.25, 0.3) is 11.3 Å². The number of nitrogen functional groups attached to an aromatic ring is 1. The van der Waals surface area contributed by atoms with Gasteiger partial charge in [-0.3, -0.25) is 4.79 Å². The van der Waals surface area contributed by atoms with E-state index >= 15 is 0 Å². The van der Waals surface area contributed by atoms with E-state index in [9.17, 15) is 4.79 Å². The molecule has 2 N–H and O–H groups in total. The van der Waals surface area contributed by atoms with Gasteiger partial charge >= 0.3 is 0 Å². The van der Waals surface area contributed by atoms with Gasteiger partial charge in [0.2, 0.25) is 0 Å². The summed E-state index contributed by atoms with van der Waals surface area (Å²) in [6.07, 6.45) is 1.16. The van der Waals surface area contributed by atoms with Gasteiger partial charge in [-0.25, -0.2) is 0 Å². The molecule has 122 valence electrons. The Labute approximate surface area is 141 Å². The Morgan fingerprint density at radius 1 is 1.22 bits per heavy atom. The summed E-state index contributed by atoms with van der Waals surface area (Å²) in [6, 6.07) is 8.73. The van der Waals surface area contributed by atoms with Gasteiger partial charge in [0.1, 0.15) is 5.76 Å². The van der Waals surface area contributed by atoms with Crippen molar-refractivity contribution in [3.05, 3.63) is 41.1 Å². The minimum absolute atomic E-state index is 0.0535. The van der Waals surface area contributed by atoms with Gasteiger partial charge in [-0.15, -0.1) is 0 Å². The van der Waals surface area contributed by atoms with Crippen LogP contribution in [0.5, 0.6) is 0 Å². The average Bonchev–Trinajstić information content (AvgIpc) is 2.95. The van der Waals surface area contributed by atoms with Crippen molar-refractivity contribution in [1.29, 1.82) is 0 Å². The molecular weight excluding hydrogens is 312 g/mol. The minimum Gasteiger partial charge on any atom is -0.451 e. The Bertz CT molecular complexity index is 716. The summed E-state index contributed by atoms with van der Waals surface area (Å²) in [5, 5.41) is 0.574. The number of hydrogen-bond acceptors (Lipinski definition) is 3. The van der Waals surface area contributed by atoms with Crippen LogP contribution < -0.4 is 5.73 Å². The molecule has 2 heterocycles. The number of anilines is 1. The van der Waals surface area contributed by atoms with Crippen LogP contribution in [0.2, 0.25) is 5.02 Å². The van der Waals surface area contributed by atoms with E-state index in [1.165, 1.54) is 0 Å². The summed E-state index contributed by atoms with van der Waals surface area (Å²) < 4.78 is 5.76. The zero-order chi connectivity index (χ0) is 16.6. The first kappa shape index (κ1) is 15.9. The number of piperidine rings is 1. The lowest BCUT2D eigenvalue weighted by Gasteiger charge is -2.34. The van der Waals surface area contributed by atoms with Crippen LogP contribution in [0, 0.1) is 11.8 Å². The minimum atomic E-state index is -0.0535. The molecule has 1 fully saturated rings. The predicted molar refractivity (Wildman–Crippen MR) is 92.4 cm³/mol. The molecule has 3 rings (SSSR count). The third-order valence-electron chi connectivity index (χ3n) is 4.25. The number of benzene rings is 1. The van der Waals surface area contributed by atoms with E-state index in [1.54, 1.807) is 30.3 Å². The fraction of sp³-hybridized carbons (Fsp3) is 0.389. The molecule has 1 aliphatic heterocycles. The van der Waals surface area contributed by atoms with E-state index in [0.29, 0.717) is 34.1 Å². The molecule has 1 aliphatic rings. The van der Waals surface area contributed by atoms with Gasteiger partial charge in [-0.1, -0.05) is 25.4 Å². The molecule has 2 aromatic rings. The van der Waals surface area contributed by atoms with Gasteiger partial charge in [0.15, 0.2) is 5.76 Å². The van der Waals surface area contributed by atoms with Crippen molar-refractivity contribution >= 4 is 23.2 Å². The third-order valence-corrected chi connectivity index (χ3v) is 4.49. The fourth-order valence-electron chi connectivity index (χ4n) is 3.34. The van der Waals surface area contributed by atoms with Gasteiger partial charge in [0, 0.05) is 29.4 Å². The van der Waals surface area contributed by atoms with Crippen LogP contribution in [-0.4, -0.2) is 23.9 Å². The summed E-state index contributed by atoms with van der Waals surface area (Å²) in [5.74, 6) is 1.92. The zero-order valence-corrected chi connectivity index (χ0v) is 14.1. The zero-order valence-electron chi connectivity index (χ0n) is 13.4. The molecule has 1 aromatic carbocycles. The first-order chi connectivity index (χ1) is 10.9. The number of rotatable bonds is 2. The molecule has 0 spiro atoms. The number of amides is 1. The van der Waals surface area contributed by atoms with E-state index < -0.39 is 0 Å². The highest BCUT2D eigenvalue weighted by atomic mass is 35.5. The summed E-state index contributed by atoms with van der Waals surface area (Å²) in [7, 11) is 0. The Hall–Kier alpha value is -1.94. The van der Waals surface area contributed by atoms with Crippen LogP contribution in [0.4, 0.5) is 5.69 Å². The van der Waals surface area contributed by atoms with Crippen LogP contribution in [0.15, 0.2) is 34.7 Å². The number of nitrogens with zero attached hydrogens (tertiary/aromatic N) is 1. The van der Waals surface area contributed by atoms with Gasteiger partial charge in [-0.2, -0.15) is 0 Å². The second-order valence-electron chi connectivity index (χ2n) is 6.55. The van der Waals surface area contributed by atoms with Gasteiger partial charge in [0.05, 0.1) is 0 Å². The lowest BCUT2D eigenvalue weighted by atomic mass is 9.92. The molecular formula is C18H21ClN2O2. The van der Waals surface area contributed by atoms with Crippen molar-refractivity contribution in [3.63, 3.8) is 0 Å². The molecule has 0 radical (unpaired) electrons. The summed E-state index contributed by atoms with van der Waals surface area (Å²) in [6.45, 7) is 5.92. The lowest BCUT2D eigenvalue weighted by molar-refractivity contribution is 0.0592. The van der Waals surface area contributed by atoms with Crippen molar-refractivity contribution in [2.24, 2.45) is 11.8 Å². The molecule has 1 amide bonds. The maximum Gasteiger partial charge on any atom is 0.289 e. The monoisotopic (exact) mass is 332 g/mol. The molecule has 0 aliphatic carbocycles. The molecule has 5 heteroatoms. The smallest absolute Gasteiger partial charge is 0.289 e. The van der Waals surface area contributed by atoms with Crippen LogP contribution in [0.1, 0.15) is 30.8 Å². The van der Waals surface area contributed by atoms with Gasteiger partial charge in [0.25, 0.3) is 5.91 Å². The number of carbonyl (C=O) groups excluding carboxylic acids is 1. The second kappa shape index (κ2) is 6.28. The average molecular weight is 333 g/mol. The Morgan fingerprint density at radius 3 is 2.57 bits per heavy atom. The number of nitrogens with two attached hydrogens (primary N) is 1. The predicted octanol–water partition coefficient (Wildman–Crippen LogP) is 4.30. The van der Waals surface area contributed by atoms with Gasteiger partial charge < -0.3 is 15.1 Å². The quantitative estimate of drug-likeness (QED) is 0.834. The normalized spacial score (nSPS) is 21.4. The standard InChI is InChI=1S/C18H21ClN2O2/c1-11-7-12(2)10-21(9-11)18(22)17-6-5-16(23-17)14-4-3-13(19)8-15(14)20/h3-6,8,11-12H,7,9-10,20H2,1-2H3/t11-,12-/m1/s1. The third kappa shape index (κ3) is 3.37. The number of likely N-dealkylation sites (tertiary alicyclic amines) is 1. The number of halogens is 1. The Kier molecular flexibility index (Phi) is 4.35. The van der Waals surface area contributed by atoms with Gasteiger partial charge in [-0.05, 0) is 48.6 Å². The van der Waals surface area contributed by atoms with E-state index in [1.807, 2.05) is 4.90 Å². The molecule has 23 heavy (non-hydrogen) atoms. The van der Waals surface area contributed by atoms with Crippen molar-refractivity contribution in [2.75, 3.05) is 18.8 Å².